The van der Waals surface area contributed by atoms with Gasteiger partial charge in [0.2, 0.25) is 5.88 Å². The summed E-state index contributed by atoms with van der Waals surface area (Å²) in [5, 5.41) is 3.09. The van der Waals surface area contributed by atoms with Crippen LogP contribution >= 0.6 is 0 Å². The maximum absolute atomic E-state index is 13.0. The van der Waals surface area contributed by atoms with E-state index in [-0.39, 0.29) is 11.8 Å². The van der Waals surface area contributed by atoms with Crippen molar-refractivity contribution >= 4 is 0 Å². The Morgan fingerprint density at radius 3 is 2.47 bits per heavy atom. The first-order valence-electron chi connectivity index (χ1n) is 5.85. The number of benzene rings is 1. The van der Waals surface area contributed by atoms with E-state index in [0.717, 1.165) is 23.8 Å². The average Bonchev–Trinajstić information content (AvgIpc) is 2.37. The molecule has 0 bridgehead atoms. The van der Waals surface area contributed by atoms with Crippen molar-refractivity contribution in [2.45, 2.75) is 13.0 Å². The van der Waals surface area contributed by atoms with Crippen molar-refractivity contribution in [3.8, 4) is 11.6 Å². The van der Waals surface area contributed by atoms with Crippen molar-refractivity contribution in [3.63, 3.8) is 0 Å². The number of hydrogen-bond acceptors (Lipinski definition) is 3. The van der Waals surface area contributed by atoms with Crippen molar-refractivity contribution < 1.29 is 13.5 Å². The van der Waals surface area contributed by atoms with Crippen LogP contribution in [0.4, 0.5) is 8.78 Å². The Hall–Kier alpha value is -2.01. The zero-order valence-corrected chi connectivity index (χ0v) is 10.7. The smallest absolute Gasteiger partial charge is 0.219 e. The summed E-state index contributed by atoms with van der Waals surface area (Å²) in [6.45, 7) is 1.99. The highest BCUT2D eigenvalue weighted by molar-refractivity contribution is 5.30. The molecule has 3 nitrogen and oxygen atoms in total. The summed E-state index contributed by atoms with van der Waals surface area (Å²) < 4.78 is 31.4. The summed E-state index contributed by atoms with van der Waals surface area (Å²) in [5.74, 6) is -0.992. The molecule has 0 saturated heterocycles. The first-order valence-corrected chi connectivity index (χ1v) is 5.85. The van der Waals surface area contributed by atoms with E-state index in [1.165, 1.54) is 0 Å². The molecule has 1 aromatic carbocycles. The van der Waals surface area contributed by atoms with Gasteiger partial charge in [0.15, 0.2) is 0 Å². The lowest BCUT2D eigenvalue weighted by atomic mass is 10.1. The zero-order valence-electron chi connectivity index (χ0n) is 10.7. The lowest BCUT2D eigenvalue weighted by Gasteiger charge is -2.11. The minimum Gasteiger partial charge on any atom is -0.439 e. The van der Waals surface area contributed by atoms with E-state index in [4.69, 9.17) is 4.74 Å². The van der Waals surface area contributed by atoms with Gasteiger partial charge in [-0.1, -0.05) is 0 Å². The number of hydrogen-bond donors (Lipinski definition) is 1. The van der Waals surface area contributed by atoms with E-state index in [1.807, 2.05) is 20.0 Å². The van der Waals surface area contributed by atoms with E-state index in [2.05, 4.69) is 10.3 Å². The summed E-state index contributed by atoms with van der Waals surface area (Å²) in [6.07, 6.45) is 1.59. The van der Waals surface area contributed by atoms with Crippen LogP contribution in [0.25, 0.3) is 0 Å². The summed E-state index contributed by atoms with van der Waals surface area (Å²) >= 11 is 0. The second-order valence-electron chi connectivity index (χ2n) is 4.14. The molecule has 2 rings (SSSR count). The normalized spacial score (nSPS) is 12.2. The third kappa shape index (κ3) is 3.48. The van der Waals surface area contributed by atoms with Crippen LogP contribution in [-0.2, 0) is 0 Å². The van der Waals surface area contributed by atoms with Crippen LogP contribution in [0.3, 0.4) is 0 Å². The number of rotatable bonds is 4. The van der Waals surface area contributed by atoms with Gasteiger partial charge in [0.1, 0.15) is 17.4 Å². The molecule has 5 heteroatoms. The second-order valence-corrected chi connectivity index (χ2v) is 4.14. The number of nitrogens with one attached hydrogen (secondary N) is 1. The van der Waals surface area contributed by atoms with Crippen LogP contribution in [-0.4, -0.2) is 12.0 Å². The Balaban J connectivity index is 2.23. The van der Waals surface area contributed by atoms with Crippen LogP contribution in [0.2, 0.25) is 0 Å². The van der Waals surface area contributed by atoms with Crippen molar-refractivity contribution in [1.82, 2.24) is 10.3 Å². The van der Waals surface area contributed by atoms with E-state index in [1.54, 1.807) is 12.3 Å². The molecule has 2 aromatic rings. The van der Waals surface area contributed by atoms with Gasteiger partial charge in [0.05, 0.1) is 0 Å². The molecule has 0 amide bonds. The highest BCUT2D eigenvalue weighted by atomic mass is 19.1. The van der Waals surface area contributed by atoms with E-state index in [9.17, 15) is 8.78 Å². The predicted octanol–water partition coefficient (Wildman–Crippen LogP) is 3.43. The van der Waals surface area contributed by atoms with Crippen molar-refractivity contribution in [2.75, 3.05) is 7.05 Å². The molecule has 0 aliphatic carbocycles. The highest BCUT2D eigenvalue weighted by Crippen LogP contribution is 2.23. The summed E-state index contributed by atoms with van der Waals surface area (Å²) in [5.41, 5.74) is 0.976. The van der Waals surface area contributed by atoms with Crippen LogP contribution in [0.15, 0.2) is 36.5 Å². The Bertz CT molecular complexity index is 555. The topological polar surface area (TPSA) is 34.2 Å². The fraction of sp³-hybridized carbons (Fsp3) is 0.214. The van der Waals surface area contributed by atoms with Gasteiger partial charge >= 0.3 is 0 Å². The standard InChI is InChI=1S/C14H14F2N2O/c1-9(17-2)10-3-4-18-14(5-10)19-13-7-11(15)6-12(16)8-13/h3-9,17H,1-2H3. The molecule has 1 aromatic heterocycles. The molecule has 1 atom stereocenters. The minimum absolute atomic E-state index is 0.0826. The average molecular weight is 264 g/mol. The maximum atomic E-state index is 13.0. The first kappa shape index (κ1) is 13.4. The molecule has 19 heavy (non-hydrogen) atoms. The minimum atomic E-state index is -0.685. The third-order valence-corrected chi connectivity index (χ3v) is 2.75. The van der Waals surface area contributed by atoms with Crippen molar-refractivity contribution in [1.29, 1.82) is 0 Å². The number of ether oxygens (including phenoxy) is 1. The molecule has 1 heterocycles. The number of nitrogens with zero attached hydrogens (tertiary/aromatic N) is 1. The van der Waals surface area contributed by atoms with Gasteiger partial charge in [-0.2, -0.15) is 0 Å². The predicted molar refractivity (Wildman–Crippen MR) is 68.1 cm³/mol. The van der Waals surface area contributed by atoms with Gasteiger partial charge in [-0.05, 0) is 25.6 Å². The second kappa shape index (κ2) is 5.75. The molecular weight excluding hydrogens is 250 g/mol. The Morgan fingerprint density at radius 2 is 1.84 bits per heavy atom. The van der Waals surface area contributed by atoms with Gasteiger partial charge in [-0.3, -0.25) is 0 Å². The summed E-state index contributed by atoms with van der Waals surface area (Å²) in [6, 6.07) is 6.72. The molecule has 0 radical (unpaired) electrons. The maximum Gasteiger partial charge on any atom is 0.219 e. The lowest BCUT2D eigenvalue weighted by molar-refractivity contribution is 0.449. The molecule has 1 unspecified atom stereocenters. The molecule has 0 aliphatic rings. The van der Waals surface area contributed by atoms with Crippen LogP contribution in [0.5, 0.6) is 11.6 Å². The fourth-order valence-corrected chi connectivity index (χ4v) is 1.62. The van der Waals surface area contributed by atoms with Crippen LogP contribution in [0, 0.1) is 11.6 Å². The molecule has 0 aliphatic heterocycles. The van der Waals surface area contributed by atoms with E-state index < -0.39 is 11.6 Å². The molecule has 1 N–H and O–H groups in total. The Labute approximate surface area is 110 Å². The van der Waals surface area contributed by atoms with E-state index >= 15 is 0 Å². The molecule has 0 fully saturated rings. The summed E-state index contributed by atoms with van der Waals surface area (Å²) in [7, 11) is 1.84. The highest BCUT2D eigenvalue weighted by Gasteiger charge is 2.07. The van der Waals surface area contributed by atoms with Gasteiger partial charge in [0, 0.05) is 36.5 Å². The molecular formula is C14H14F2N2O. The molecule has 100 valence electrons. The molecule has 0 spiro atoms. The Kier molecular flexibility index (Phi) is 4.06. The van der Waals surface area contributed by atoms with Crippen molar-refractivity contribution in [2.24, 2.45) is 0 Å². The van der Waals surface area contributed by atoms with Gasteiger partial charge in [-0.15, -0.1) is 0 Å². The number of aromatic nitrogens is 1. The summed E-state index contributed by atoms with van der Waals surface area (Å²) in [4.78, 5) is 4.02. The quantitative estimate of drug-likeness (QED) is 0.918. The van der Waals surface area contributed by atoms with Gasteiger partial charge in [-0.25, -0.2) is 13.8 Å². The van der Waals surface area contributed by atoms with Crippen LogP contribution in [0.1, 0.15) is 18.5 Å². The monoisotopic (exact) mass is 264 g/mol. The first-order chi connectivity index (χ1) is 9.08. The van der Waals surface area contributed by atoms with Crippen molar-refractivity contribution in [3.05, 3.63) is 53.7 Å². The number of halogens is 2. The SMILES string of the molecule is CNC(C)c1ccnc(Oc2cc(F)cc(F)c2)c1. The fourth-order valence-electron chi connectivity index (χ4n) is 1.62. The van der Waals surface area contributed by atoms with Gasteiger partial charge in [0.25, 0.3) is 0 Å². The Morgan fingerprint density at radius 1 is 1.16 bits per heavy atom. The third-order valence-electron chi connectivity index (χ3n) is 2.75. The largest absolute Gasteiger partial charge is 0.439 e. The number of pyridine rings is 1. The van der Waals surface area contributed by atoms with Gasteiger partial charge < -0.3 is 10.1 Å². The van der Waals surface area contributed by atoms with Crippen LogP contribution < -0.4 is 10.1 Å². The lowest BCUT2D eigenvalue weighted by Crippen LogP contribution is -2.12. The zero-order chi connectivity index (χ0) is 13.8. The van der Waals surface area contributed by atoms with E-state index in [0.29, 0.717) is 5.88 Å². The molecule has 0 saturated carbocycles.